The second kappa shape index (κ2) is 8.40. The van der Waals surface area contributed by atoms with Gasteiger partial charge in [-0.05, 0) is 47.6 Å². The Morgan fingerprint density at radius 2 is 1.74 bits per heavy atom. The maximum absolute atomic E-state index is 12.9. The third kappa shape index (κ3) is 4.87. The van der Waals surface area contributed by atoms with Crippen LogP contribution in [-0.2, 0) is 14.8 Å². The molecule has 0 bridgehead atoms. The van der Waals surface area contributed by atoms with E-state index < -0.39 is 16.1 Å². The van der Waals surface area contributed by atoms with Crippen molar-refractivity contribution in [3.63, 3.8) is 0 Å². The molecule has 1 unspecified atom stereocenters. The molecule has 5 nitrogen and oxygen atoms in total. The van der Waals surface area contributed by atoms with E-state index in [1.165, 1.54) is 12.8 Å². The van der Waals surface area contributed by atoms with Crippen molar-refractivity contribution < 1.29 is 13.2 Å². The number of rotatable bonds is 7. The lowest BCUT2D eigenvalue weighted by atomic mass is 10.0. The van der Waals surface area contributed by atoms with Gasteiger partial charge in [-0.15, -0.1) is 0 Å². The topological polar surface area (TPSA) is 75.3 Å². The Kier molecular flexibility index (Phi) is 6.17. The minimum atomic E-state index is -3.79. The number of benzene rings is 2. The largest absolute Gasteiger partial charge is 0.354 e. The SMILES string of the molecule is CC(C)C(NS(=O)(=O)c1ccc2ccccc2c1)C(=O)NCC1CCCC1. The van der Waals surface area contributed by atoms with E-state index in [0.29, 0.717) is 12.5 Å². The maximum atomic E-state index is 12.9. The Balaban J connectivity index is 1.74. The second-order valence-electron chi connectivity index (χ2n) is 7.75. The van der Waals surface area contributed by atoms with E-state index in [4.69, 9.17) is 0 Å². The second-order valence-corrected chi connectivity index (χ2v) is 9.46. The van der Waals surface area contributed by atoms with Gasteiger partial charge in [0.25, 0.3) is 0 Å². The number of hydrogen-bond donors (Lipinski definition) is 2. The number of carbonyl (C=O) groups excluding carboxylic acids is 1. The van der Waals surface area contributed by atoms with Crippen molar-refractivity contribution in [2.24, 2.45) is 11.8 Å². The summed E-state index contributed by atoms with van der Waals surface area (Å²) < 4.78 is 28.3. The van der Waals surface area contributed by atoms with Gasteiger partial charge in [0, 0.05) is 6.54 Å². The number of carbonyl (C=O) groups is 1. The Labute approximate surface area is 161 Å². The average Bonchev–Trinajstić information content (AvgIpc) is 3.17. The molecule has 2 aromatic carbocycles. The zero-order valence-electron chi connectivity index (χ0n) is 15.9. The molecule has 1 amide bonds. The molecule has 0 aliphatic heterocycles. The minimum Gasteiger partial charge on any atom is -0.354 e. The molecule has 1 aliphatic carbocycles. The molecule has 2 N–H and O–H groups in total. The highest BCUT2D eigenvalue weighted by atomic mass is 32.2. The zero-order chi connectivity index (χ0) is 19.4. The van der Waals surface area contributed by atoms with Crippen LogP contribution in [0.15, 0.2) is 47.4 Å². The molecule has 27 heavy (non-hydrogen) atoms. The first kappa shape index (κ1) is 19.8. The molecule has 0 heterocycles. The van der Waals surface area contributed by atoms with Crippen LogP contribution < -0.4 is 10.0 Å². The molecule has 1 atom stereocenters. The highest BCUT2D eigenvalue weighted by Crippen LogP contribution is 2.24. The first-order chi connectivity index (χ1) is 12.9. The van der Waals surface area contributed by atoms with Crippen molar-refractivity contribution in [3.05, 3.63) is 42.5 Å². The fraction of sp³-hybridized carbons (Fsp3) is 0.476. The highest BCUT2D eigenvalue weighted by molar-refractivity contribution is 7.89. The van der Waals surface area contributed by atoms with E-state index in [1.807, 2.05) is 38.1 Å². The zero-order valence-corrected chi connectivity index (χ0v) is 16.8. The van der Waals surface area contributed by atoms with Gasteiger partial charge in [0.05, 0.1) is 4.90 Å². The molecule has 0 radical (unpaired) electrons. The fourth-order valence-electron chi connectivity index (χ4n) is 3.63. The summed E-state index contributed by atoms with van der Waals surface area (Å²) >= 11 is 0. The van der Waals surface area contributed by atoms with Crippen LogP contribution in [0.2, 0.25) is 0 Å². The van der Waals surface area contributed by atoms with Crippen LogP contribution in [0.25, 0.3) is 10.8 Å². The number of hydrogen-bond acceptors (Lipinski definition) is 3. The lowest BCUT2D eigenvalue weighted by Gasteiger charge is -2.22. The number of fused-ring (bicyclic) bond motifs is 1. The Morgan fingerprint density at radius 1 is 1.07 bits per heavy atom. The van der Waals surface area contributed by atoms with E-state index in [0.717, 1.165) is 23.6 Å². The first-order valence-corrected chi connectivity index (χ1v) is 11.1. The van der Waals surface area contributed by atoms with Crippen LogP contribution in [0.5, 0.6) is 0 Å². The molecule has 146 valence electrons. The maximum Gasteiger partial charge on any atom is 0.241 e. The average molecular weight is 389 g/mol. The van der Waals surface area contributed by atoms with Crippen molar-refractivity contribution >= 4 is 26.7 Å². The van der Waals surface area contributed by atoms with Crippen molar-refractivity contribution in [2.45, 2.75) is 50.5 Å². The molecular weight excluding hydrogens is 360 g/mol. The van der Waals surface area contributed by atoms with Crippen molar-refractivity contribution in [2.75, 3.05) is 6.54 Å². The molecule has 1 saturated carbocycles. The summed E-state index contributed by atoms with van der Waals surface area (Å²) in [4.78, 5) is 12.8. The normalized spacial score (nSPS) is 16.7. The van der Waals surface area contributed by atoms with Gasteiger partial charge in [-0.1, -0.05) is 57.0 Å². The van der Waals surface area contributed by atoms with Crippen LogP contribution in [0.1, 0.15) is 39.5 Å². The number of amides is 1. The van der Waals surface area contributed by atoms with Crippen LogP contribution in [-0.4, -0.2) is 26.9 Å². The third-order valence-electron chi connectivity index (χ3n) is 5.30. The van der Waals surface area contributed by atoms with Gasteiger partial charge in [0.2, 0.25) is 15.9 Å². The molecule has 6 heteroatoms. The Bertz CT molecular complexity index is 903. The van der Waals surface area contributed by atoms with E-state index in [2.05, 4.69) is 10.0 Å². The van der Waals surface area contributed by atoms with Crippen LogP contribution in [0.3, 0.4) is 0 Å². The van der Waals surface area contributed by atoms with Crippen LogP contribution in [0.4, 0.5) is 0 Å². The minimum absolute atomic E-state index is 0.149. The summed E-state index contributed by atoms with van der Waals surface area (Å²) in [6, 6.07) is 11.8. The van der Waals surface area contributed by atoms with Gasteiger partial charge < -0.3 is 5.32 Å². The van der Waals surface area contributed by atoms with Gasteiger partial charge in [0.15, 0.2) is 0 Å². The molecule has 3 rings (SSSR count). The smallest absolute Gasteiger partial charge is 0.241 e. The highest BCUT2D eigenvalue weighted by Gasteiger charge is 2.29. The van der Waals surface area contributed by atoms with E-state index in [-0.39, 0.29) is 16.7 Å². The van der Waals surface area contributed by atoms with Gasteiger partial charge in [0.1, 0.15) is 6.04 Å². The van der Waals surface area contributed by atoms with Crippen molar-refractivity contribution in [1.29, 1.82) is 0 Å². The number of sulfonamides is 1. The van der Waals surface area contributed by atoms with E-state index in [9.17, 15) is 13.2 Å². The summed E-state index contributed by atoms with van der Waals surface area (Å²) in [5.74, 6) is 0.115. The van der Waals surface area contributed by atoms with Crippen LogP contribution in [0, 0.1) is 11.8 Å². The predicted octanol–water partition coefficient (Wildman–Crippen LogP) is 3.45. The molecular formula is C21H28N2O3S. The first-order valence-electron chi connectivity index (χ1n) is 9.65. The van der Waals surface area contributed by atoms with Gasteiger partial charge in [-0.3, -0.25) is 4.79 Å². The summed E-state index contributed by atoms with van der Waals surface area (Å²) in [5, 5.41) is 4.78. The predicted molar refractivity (Wildman–Crippen MR) is 108 cm³/mol. The monoisotopic (exact) mass is 388 g/mol. The van der Waals surface area contributed by atoms with E-state index in [1.54, 1.807) is 18.2 Å². The standard InChI is InChI=1S/C21H28N2O3S/c1-15(2)20(21(24)22-14-16-7-3-4-8-16)23-27(25,26)19-12-11-17-9-5-6-10-18(17)13-19/h5-6,9-13,15-16,20,23H,3-4,7-8,14H2,1-2H3,(H,22,24). The summed E-state index contributed by atoms with van der Waals surface area (Å²) in [5.41, 5.74) is 0. The van der Waals surface area contributed by atoms with Gasteiger partial charge >= 0.3 is 0 Å². The Morgan fingerprint density at radius 3 is 2.41 bits per heavy atom. The molecule has 0 spiro atoms. The quantitative estimate of drug-likeness (QED) is 0.763. The summed E-state index contributed by atoms with van der Waals surface area (Å²) in [7, 11) is -3.79. The van der Waals surface area contributed by atoms with Crippen LogP contribution >= 0.6 is 0 Å². The fourth-order valence-corrected chi connectivity index (χ4v) is 5.01. The summed E-state index contributed by atoms with van der Waals surface area (Å²) in [6.07, 6.45) is 4.69. The molecule has 0 aromatic heterocycles. The Hall–Kier alpha value is -1.92. The lowest BCUT2D eigenvalue weighted by molar-refractivity contribution is -0.123. The molecule has 2 aromatic rings. The molecule has 1 aliphatic rings. The third-order valence-corrected chi connectivity index (χ3v) is 6.74. The van der Waals surface area contributed by atoms with Gasteiger partial charge in [-0.2, -0.15) is 4.72 Å². The molecule has 1 fully saturated rings. The van der Waals surface area contributed by atoms with E-state index >= 15 is 0 Å². The lowest BCUT2D eigenvalue weighted by Crippen LogP contribution is -2.50. The number of nitrogens with one attached hydrogen (secondary N) is 2. The van der Waals surface area contributed by atoms with Crippen molar-refractivity contribution in [3.8, 4) is 0 Å². The van der Waals surface area contributed by atoms with Crippen molar-refractivity contribution in [1.82, 2.24) is 10.0 Å². The van der Waals surface area contributed by atoms with Gasteiger partial charge in [-0.25, -0.2) is 8.42 Å². The summed E-state index contributed by atoms with van der Waals surface area (Å²) in [6.45, 7) is 4.32. The molecule has 0 saturated heterocycles.